The quantitative estimate of drug-likeness (QED) is 0.584. The van der Waals surface area contributed by atoms with Gasteiger partial charge in [-0.15, -0.1) is 0 Å². The summed E-state index contributed by atoms with van der Waals surface area (Å²) in [4.78, 5) is 1.46. The SMILES string of the molecule is C[S+](c1ccccc1)C(C)(C)C. The van der Waals surface area contributed by atoms with Gasteiger partial charge in [-0.3, -0.25) is 0 Å². The Hall–Kier alpha value is -0.430. The third-order valence-electron chi connectivity index (χ3n) is 2.02. The highest BCUT2D eigenvalue weighted by molar-refractivity contribution is 7.97. The molecule has 1 atom stereocenters. The normalized spacial score (nSPS) is 14.3. The number of rotatable bonds is 1. The largest absolute Gasteiger partial charge is 0.155 e. The van der Waals surface area contributed by atoms with Crippen LogP contribution in [0.3, 0.4) is 0 Å². The van der Waals surface area contributed by atoms with Gasteiger partial charge in [0.05, 0.1) is 0 Å². The Morgan fingerprint density at radius 1 is 1.00 bits per heavy atom. The molecule has 0 heterocycles. The second-order valence-corrected chi connectivity index (χ2v) is 6.65. The van der Waals surface area contributed by atoms with Crippen LogP contribution in [0, 0.1) is 0 Å². The first kappa shape index (κ1) is 9.66. The molecule has 1 rings (SSSR count). The van der Waals surface area contributed by atoms with E-state index in [2.05, 4.69) is 57.4 Å². The molecule has 1 heteroatoms. The van der Waals surface area contributed by atoms with Crippen molar-refractivity contribution < 1.29 is 0 Å². The van der Waals surface area contributed by atoms with Crippen LogP contribution in [0.2, 0.25) is 0 Å². The smallest absolute Gasteiger partial charge is 0.0619 e. The Kier molecular flexibility index (Phi) is 2.84. The van der Waals surface area contributed by atoms with E-state index in [1.54, 1.807) is 0 Å². The van der Waals surface area contributed by atoms with Crippen molar-refractivity contribution in [2.75, 3.05) is 6.26 Å². The van der Waals surface area contributed by atoms with Crippen molar-refractivity contribution >= 4 is 10.9 Å². The fraction of sp³-hybridized carbons (Fsp3) is 0.455. The first-order valence-corrected chi connectivity index (χ1v) is 5.86. The maximum absolute atomic E-state index is 2.31. The Morgan fingerprint density at radius 2 is 1.50 bits per heavy atom. The molecule has 0 aliphatic carbocycles. The van der Waals surface area contributed by atoms with Crippen molar-refractivity contribution in [2.24, 2.45) is 0 Å². The molecule has 66 valence electrons. The van der Waals surface area contributed by atoms with Crippen LogP contribution in [-0.2, 0) is 10.9 Å². The average molecular weight is 181 g/mol. The average Bonchev–Trinajstić information content (AvgIpc) is 2.03. The summed E-state index contributed by atoms with van der Waals surface area (Å²) >= 11 is 0. The van der Waals surface area contributed by atoms with Crippen LogP contribution in [0.25, 0.3) is 0 Å². The zero-order chi connectivity index (χ0) is 9.19. The summed E-state index contributed by atoms with van der Waals surface area (Å²) in [7, 11) is 0.349. The van der Waals surface area contributed by atoms with Crippen LogP contribution < -0.4 is 0 Å². The van der Waals surface area contributed by atoms with Gasteiger partial charge in [0, 0.05) is 10.9 Å². The Bertz CT molecular complexity index is 233. The van der Waals surface area contributed by atoms with Gasteiger partial charge in [0.1, 0.15) is 11.0 Å². The molecule has 1 aromatic rings. The molecule has 0 amide bonds. The molecule has 0 aromatic heterocycles. The van der Waals surface area contributed by atoms with Crippen molar-refractivity contribution in [3.8, 4) is 0 Å². The highest BCUT2D eigenvalue weighted by Gasteiger charge is 2.31. The first-order chi connectivity index (χ1) is 5.52. The summed E-state index contributed by atoms with van der Waals surface area (Å²) in [5.74, 6) is 0. The van der Waals surface area contributed by atoms with E-state index in [1.807, 2.05) is 0 Å². The second-order valence-electron chi connectivity index (χ2n) is 3.94. The van der Waals surface area contributed by atoms with Crippen molar-refractivity contribution in [3.05, 3.63) is 30.3 Å². The molecule has 1 unspecified atom stereocenters. The molecule has 12 heavy (non-hydrogen) atoms. The lowest BCUT2D eigenvalue weighted by Gasteiger charge is -2.17. The van der Waals surface area contributed by atoms with E-state index in [9.17, 15) is 0 Å². The van der Waals surface area contributed by atoms with Crippen LogP contribution in [0.1, 0.15) is 20.8 Å². The van der Waals surface area contributed by atoms with Crippen molar-refractivity contribution in [2.45, 2.75) is 30.4 Å². The van der Waals surface area contributed by atoms with E-state index in [0.717, 1.165) is 0 Å². The van der Waals surface area contributed by atoms with Gasteiger partial charge in [-0.25, -0.2) is 0 Å². The van der Waals surface area contributed by atoms with Gasteiger partial charge in [-0.1, -0.05) is 18.2 Å². The van der Waals surface area contributed by atoms with E-state index in [0.29, 0.717) is 15.6 Å². The van der Waals surface area contributed by atoms with Crippen LogP contribution in [-0.4, -0.2) is 11.0 Å². The number of benzene rings is 1. The van der Waals surface area contributed by atoms with Crippen molar-refractivity contribution in [1.29, 1.82) is 0 Å². The highest BCUT2D eigenvalue weighted by Crippen LogP contribution is 2.24. The molecule has 0 radical (unpaired) electrons. The van der Waals surface area contributed by atoms with Gasteiger partial charge in [0.25, 0.3) is 0 Å². The van der Waals surface area contributed by atoms with Crippen molar-refractivity contribution in [1.82, 2.24) is 0 Å². The zero-order valence-electron chi connectivity index (χ0n) is 8.29. The topological polar surface area (TPSA) is 0 Å². The number of hydrogen-bond donors (Lipinski definition) is 0. The van der Waals surface area contributed by atoms with Gasteiger partial charge in [-0.2, -0.15) is 0 Å². The Balaban J connectivity index is 2.86. The minimum absolute atomic E-state index is 0.349. The van der Waals surface area contributed by atoms with Gasteiger partial charge in [0.15, 0.2) is 4.90 Å². The summed E-state index contributed by atoms with van der Waals surface area (Å²) < 4.78 is 0.390. The fourth-order valence-electron chi connectivity index (χ4n) is 0.978. The molecule has 1 aromatic carbocycles. The lowest BCUT2D eigenvalue weighted by atomic mass is 10.3. The van der Waals surface area contributed by atoms with Gasteiger partial charge in [-0.05, 0) is 32.9 Å². The van der Waals surface area contributed by atoms with E-state index in [4.69, 9.17) is 0 Å². The molecule has 0 saturated carbocycles. The molecule has 0 aliphatic heterocycles. The van der Waals surface area contributed by atoms with Gasteiger partial charge >= 0.3 is 0 Å². The lowest BCUT2D eigenvalue weighted by molar-refractivity contribution is 0.791. The minimum atomic E-state index is 0.349. The van der Waals surface area contributed by atoms with E-state index >= 15 is 0 Å². The Labute approximate surface area is 78.3 Å². The number of hydrogen-bond acceptors (Lipinski definition) is 0. The molecular formula is C11H17S+. The maximum atomic E-state index is 2.31. The van der Waals surface area contributed by atoms with Crippen molar-refractivity contribution in [3.63, 3.8) is 0 Å². The lowest BCUT2D eigenvalue weighted by Crippen LogP contribution is -2.26. The highest BCUT2D eigenvalue weighted by atomic mass is 32.2. The molecule has 0 nitrogen and oxygen atoms in total. The summed E-state index contributed by atoms with van der Waals surface area (Å²) in [6.07, 6.45) is 2.31. The van der Waals surface area contributed by atoms with Gasteiger partial charge in [0.2, 0.25) is 0 Å². The predicted molar refractivity (Wildman–Crippen MR) is 57.8 cm³/mol. The minimum Gasteiger partial charge on any atom is -0.0619 e. The van der Waals surface area contributed by atoms with Crippen LogP contribution in [0.5, 0.6) is 0 Å². The third kappa shape index (κ3) is 2.28. The molecule has 0 aliphatic rings. The first-order valence-electron chi connectivity index (χ1n) is 4.23. The third-order valence-corrected chi connectivity index (χ3v) is 4.83. The molecule has 0 fully saturated rings. The summed E-state index contributed by atoms with van der Waals surface area (Å²) in [6, 6.07) is 10.7. The van der Waals surface area contributed by atoms with Gasteiger partial charge < -0.3 is 0 Å². The van der Waals surface area contributed by atoms with Crippen LogP contribution in [0.15, 0.2) is 35.2 Å². The zero-order valence-corrected chi connectivity index (χ0v) is 9.11. The molecule has 0 bridgehead atoms. The molecule has 0 saturated heterocycles. The monoisotopic (exact) mass is 181 g/mol. The summed E-state index contributed by atoms with van der Waals surface area (Å²) in [5, 5.41) is 0. The second kappa shape index (κ2) is 3.53. The summed E-state index contributed by atoms with van der Waals surface area (Å²) in [6.45, 7) is 6.88. The van der Waals surface area contributed by atoms with Crippen LogP contribution >= 0.6 is 0 Å². The molecular weight excluding hydrogens is 164 g/mol. The Morgan fingerprint density at radius 3 is 1.92 bits per heavy atom. The molecule has 0 spiro atoms. The maximum Gasteiger partial charge on any atom is 0.155 e. The predicted octanol–water partition coefficient (Wildman–Crippen LogP) is 3.09. The van der Waals surface area contributed by atoms with E-state index in [-0.39, 0.29) is 0 Å². The standard InChI is InChI=1S/C11H17S/c1-11(2,3)12(4)10-8-6-5-7-9-10/h5-9H,1-4H3/q+1. The molecule has 0 N–H and O–H groups in total. The van der Waals surface area contributed by atoms with E-state index < -0.39 is 0 Å². The van der Waals surface area contributed by atoms with E-state index in [1.165, 1.54) is 4.90 Å². The van der Waals surface area contributed by atoms with Crippen LogP contribution in [0.4, 0.5) is 0 Å². The summed E-state index contributed by atoms with van der Waals surface area (Å²) in [5.41, 5.74) is 0. The fourth-order valence-corrected chi connectivity index (χ4v) is 2.25.